The van der Waals surface area contributed by atoms with Crippen molar-refractivity contribution < 1.29 is 8.42 Å². The van der Waals surface area contributed by atoms with Gasteiger partial charge in [-0.3, -0.25) is 0 Å². The minimum absolute atomic E-state index is 0.183. The first-order chi connectivity index (χ1) is 4.96. The molecule has 0 aromatic heterocycles. The van der Waals surface area contributed by atoms with E-state index in [1.165, 1.54) is 0 Å². The van der Waals surface area contributed by atoms with Crippen molar-refractivity contribution in [2.24, 2.45) is 0 Å². The molecular formula is C8H18O2S. The van der Waals surface area contributed by atoms with Gasteiger partial charge in [0.2, 0.25) is 0 Å². The maximum Gasteiger partial charge on any atom is 0.155 e. The number of hydrogen-bond donors (Lipinski definition) is 0. The molecule has 0 bridgehead atoms. The highest BCUT2D eigenvalue weighted by atomic mass is 32.2. The fourth-order valence-corrected chi connectivity index (χ4v) is 2.58. The van der Waals surface area contributed by atoms with Crippen LogP contribution < -0.4 is 0 Å². The largest absolute Gasteiger partial charge is 0.228 e. The molecule has 0 saturated carbocycles. The highest BCUT2D eigenvalue weighted by Gasteiger charge is 2.24. The monoisotopic (exact) mass is 178 g/mol. The Kier molecular flexibility index (Phi) is 4.08. The van der Waals surface area contributed by atoms with E-state index in [2.05, 4.69) is 0 Å². The van der Waals surface area contributed by atoms with Gasteiger partial charge in [0.15, 0.2) is 9.84 Å². The standard InChI is InChI=1S/C8H18O2S/c1-5-7(3)11(9,10)8(4)6-2/h7-8H,5-6H2,1-4H3/t7-,8-/m0/s1. The van der Waals surface area contributed by atoms with Crippen LogP contribution in [0.2, 0.25) is 0 Å². The smallest absolute Gasteiger partial charge is 0.155 e. The van der Waals surface area contributed by atoms with Crippen molar-refractivity contribution in [3.63, 3.8) is 0 Å². The third-order valence-electron chi connectivity index (χ3n) is 2.27. The number of rotatable bonds is 4. The van der Waals surface area contributed by atoms with E-state index >= 15 is 0 Å². The second kappa shape index (κ2) is 4.10. The Morgan fingerprint density at radius 2 is 1.27 bits per heavy atom. The average molecular weight is 178 g/mol. The average Bonchev–Trinajstić information content (AvgIpc) is 2.01. The molecule has 0 fully saturated rings. The summed E-state index contributed by atoms with van der Waals surface area (Å²) in [7, 11) is -2.84. The summed E-state index contributed by atoms with van der Waals surface area (Å²) in [4.78, 5) is 0. The lowest BCUT2D eigenvalue weighted by atomic mass is 10.4. The highest BCUT2D eigenvalue weighted by Crippen LogP contribution is 2.14. The molecule has 0 spiro atoms. The molecule has 0 rings (SSSR count). The zero-order valence-electron chi connectivity index (χ0n) is 7.79. The Bertz CT molecular complexity index is 178. The highest BCUT2D eigenvalue weighted by molar-refractivity contribution is 7.92. The predicted molar refractivity (Wildman–Crippen MR) is 48.4 cm³/mol. The maximum absolute atomic E-state index is 11.5. The Morgan fingerprint density at radius 3 is 1.45 bits per heavy atom. The Morgan fingerprint density at radius 1 is 1.00 bits per heavy atom. The summed E-state index contributed by atoms with van der Waals surface area (Å²) in [6, 6.07) is 0. The van der Waals surface area contributed by atoms with Gasteiger partial charge in [-0.2, -0.15) is 0 Å². The molecule has 0 aromatic rings. The van der Waals surface area contributed by atoms with Gasteiger partial charge in [0, 0.05) is 0 Å². The van der Waals surface area contributed by atoms with Crippen LogP contribution in [0.1, 0.15) is 40.5 Å². The lowest BCUT2D eigenvalue weighted by molar-refractivity contribution is 0.565. The van der Waals surface area contributed by atoms with Gasteiger partial charge in [-0.15, -0.1) is 0 Å². The third-order valence-corrected chi connectivity index (χ3v) is 5.18. The normalized spacial score (nSPS) is 17.8. The van der Waals surface area contributed by atoms with Crippen LogP contribution in [0.4, 0.5) is 0 Å². The molecule has 2 nitrogen and oxygen atoms in total. The summed E-state index contributed by atoms with van der Waals surface area (Å²) >= 11 is 0. The predicted octanol–water partition coefficient (Wildman–Crippen LogP) is 2.00. The van der Waals surface area contributed by atoms with Crippen LogP contribution in [0.3, 0.4) is 0 Å². The van der Waals surface area contributed by atoms with Crippen LogP contribution in [0.15, 0.2) is 0 Å². The number of sulfone groups is 1. The van der Waals surface area contributed by atoms with Crippen molar-refractivity contribution in [3.05, 3.63) is 0 Å². The molecule has 68 valence electrons. The molecular weight excluding hydrogens is 160 g/mol. The van der Waals surface area contributed by atoms with E-state index in [1.807, 2.05) is 13.8 Å². The molecule has 2 atom stereocenters. The van der Waals surface area contributed by atoms with Gasteiger partial charge < -0.3 is 0 Å². The topological polar surface area (TPSA) is 34.1 Å². The SMILES string of the molecule is CC[C@H](C)S(=O)(=O)[C@@H](C)CC. The molecule has 3 heteroatoms. The molecule has 0 saturated heterocycles. The molecule has 0 aliphatic carbocycles. The van der Waals surface area contributed by atoms with Crippen molar-refractivity contribution in [2.45, 2.75) is 51.0 Å². The van der Waals surface area contributed by atoms with Crippen molar-refractivity contribution in [1.29, 1.82) is 0 Å². The first kappa shape index (κ1) is 11.0. The summed E-state index contributed by atoms with van der Waals surface area (Å²) in [6.45, 7) is 7.37. The maximum atomic E-state index is 11.5. The quantitative estimate of drug-likeness (QED) is 0.660. The number of hydrogen-bond acceptors (Lipinski definition) is 2. The summed E-state index contributed by atoms with van der Waals surface area (Å²) in [5.74, 6) is 0. The lowest BCUT2D eigenvalue weighted by Gasteiger charge is -2.15. The van der Waals surface area contributed by atoms with E-state index < -0.39 is 9.84 Å². The van der Waals surface area contributed by atoms with E-state index in [4.69, 9.17) is 0 Å². The summed E-state index contributed by atoms with van der Waals surface area (Å²) in [6.07, 6.45) is 1.43. The lowest BCUT2D eigenvalue weighted by Crippen LogP contribution is -2.26. The molecule has 0 aromatic carbocycles. The summed E-state index contributed by atoms with van der Waals surface area (Å²) in [5, 5.41) is -0.366. The third kappa shape index (κ3) is 2.47. The minimum atomic E-state index is -2.84. The molecule has 0 aliphatic rings. The van der Waals surface area contributed by atoms with Crippen molar-refractivity contribution in [2.75, 3.05) is 0 Å². The Hall–Kier alpha value is -0.0500. The fourth-order valence-electron chi connectivity index (χ4n) is 0.861. The second-order valence-corrected chi connectivity index (χ2v) is 5.81. The molecule has 11 heavy (non-hydrogen) atoms. The molecule has 0 radical (unpaired) electrons. The fraction of sp³-hybridized carbons (Fsp3) is 1.00. The van der Waals surface area contributed by atoms with Crippen LogP contribution in [0.25, 0.3) is 0 Å². The first-order valence-corrected chi connectivity index (χ1v) is 5.80. The summed E-state index contributed by atoms with van der Waals surface area (Å²) in [5.41, 5.74) is 0. The van der Waals surface area contributed by atoms with Crippen LogP contribution in [-0.2, 0) is 9.84 Å². The summed E-state index contributed by atoms with van der Waals surface area (Å²) < 4.78 is 23.0. The Balaban J connectivity index is 4.46. The van der Waals surface area contributed by atoms with Gasteiger partial charge in [-0.1, -0.05) is 13.8 Å². The molecule has 0 amide bonds. The van der Waals surface area contributed by atoms with Gasteiger partial charge in [-0.25, -0.2) is 8.42 Å². The van der Waals surface area contributed by atoms with Gasteiger partial charge in [0.25, 0.3) is 0 Å². The van der Waals surface area contributed by atoms with E-state index in [9.17, 15) is 8.42 Å². The van der Waals surface area contributed by atoms with Crippen LogP contribution in [-0.4, -0.2) is 18.9 Å². The molecule has 0 heterocycles. The van der Waals surface area contributed by atoms with Crippen LogP contribution in [0, 0.1) is 0 Å². The zero-order chi connectivity index (χ0) is 9.07. The molecule has 0 unspecified atom stereocenters. The van der Waals surface area contributed by atoms with E-state index in [-0.39, 0.29) is 10.5 Å². The van der Waals surface area contributed by atoms with Gasteiger partial charge in [0.1, 0.15) is 0 Å². The van der Waals surface area contributed by atoms with Crippen molar-refractivity contribution in [3.8, 4) is 0 Å². The van der Waals surface area contributed by atoms with Crippen LogP contribution in [0.5, 0.6) is 0 Å². The van der Waals surface area contributed by atoms with Crippen LogP contribution >= 0.6 is 0 Å². The zero-order valence-corrected chi connectivity index (χ0v) is 8.61. The minimum Gasteiger partial charge on any atom is -0.228 e. The second-order valence-electron chi connectivity index (χ2n) is 3.03. The van der Waals surface area contributed by atoms with Crippen molar-refractivity contribution in [1.82, 2.24) is 0 Å². The van der Waals surface area contributed by atoms with Gasteiger partial charge in [-0.05, 0) is 26.7 Å². The van der Waals surface area contributed by atoms with Gasteiger partial charge in [0.05, 0.1) is 10.5 Å². The molecule has 0 aliphatic heterocycles. The van der Waals surface area contributed by atoms with Crippen molar-refractivity contribution >= 4 is 9.84 Å². The van der Waals surface area contributed by atoms with E-state index in [0.29, 0.717) is 12.8 Å². The Labute approximate surface area is 69.9 Å². The molecule has 0 N–H and O–H groups in total. The van der Waals surface area contributed by atoms with E-state index in [0.717, 1.165) is 0 Å². The van der Waals surface area contributed by atoms with E-state index in [1.54, 1.807) is 13.8 Å². The first-order valence-electron chi connectivity index (χ1n) is 4.19. The van der Waals surface area contributed by atoms with Gasteiger partial charge >= 0.3 is 0 Å².